The highest BCUT2D eigenvalue weighted by molar-refractivity contribution is 5.95. The summed E-state index contributed by atoms with van der Waals surface area (Å²) in [7, 11) is 1.58. The fourth-order valence-electron chi connectivity index (χ4n) is 3.63. The van der Waals surface area contributed by atoms with Crippen molar-refractivity contribution in [3.63, 3.8) is 0 Å². The van der Waals surface area contributed by atoms with Crippen molar-refractivity contribution in [2.45, 2.75) is 13.5 Å². The van der Waals surface area contributed by atoms with Gasteiger partial charge in [0.2, 0.25) is 5.88 Å². The normalized spacial score (nSPS) is 11.3. The van der Waals surface area contributed by atoms with Gasteiger partial charge in [-0.25, -0.2) is 9.97 Å². The molecule has 0 aliphatic rings. The molecule has 5 aromatic heterocycles. The summed E-state index contributed by atoms with van der Waals surface area (Å²) in [6.45, 7) is 2.43. The maximum absolute atomic E-state index is 13.1. The molecule has 0 aromatic carbocycles. The first-order valence-electron chi connectivity index (χ1n) is 9.54. The van der Waals surface area contributed by atoms with Gasteiger partial charge >= 0.3 is 0 Å². The number of hydrogen-bond acceptors (Lipinski definition) is 5. The first-order chi connectivity index (χ1) is 14.6. The molecule has 7 nitrogen and oxygen atoms in total. The Labute approximate surface area is 172 Å². The van der Waals surface area contributed by atoms with E-state index >= 15 is 0 Å². The van der Waals surface area contributed by atoms with Crippen LogP contribution in [0, 0.1) is 6.92 Å². The minimum Gasteiger partial charge on any atom is -0.481 e. The van der Waals surface area contributed by atoms with E-state index in [-0.39, 0.29) is 5.56 Å². The molecule has 0 spiro atoms. The number of aromatic nitrogens is 5. The Bertz CT molecular complexity index is 1430. The Morgan fingerprint density at radius 2 is 1.90 bits per heavy atom. The Morgan fingerprint density at radius 1 is 1.00 bits per heavy atom. The van der Waals surface area contributed by atoms with E-state index in [9.17, 15) is 4.79 Å². The predicted octanol–water partition coefficient (Wildman–Crippen LogP) is 3.47. The van der Waals surface area contributed by atoms with Crippen molar-refractivity contribution in [3.05, 3.63) is 89.1 Å². The van der Waals surface area contributed by atoms with Crippen molar-refractivity contribution in [2.24, 2.45) is 0 Å². The maximum Gasteiger partial charge on any atom is 0.260 e. The van der Waals surface area contributed by atoms with Crippen LogP contribution < -0.4 is 10.3 Å². The molecule has 0 fully saturated rings. The zero-order chi connectivity index (χ0) is 20.7. The quantitative estimate of drug-likeness (QED) is 0.464. The number of rotatable bonds is 4. The average molecular weight is 397 g/mol. The van der Waals surface area contributed by atoms with Gasteiger partial charge in [0.05, 0.1) is 24.7 Å². The van der Waals surface area contributed by atoms with Gasteiger partial charge in [0.25, 0.3) is 5.56 Å². The number of fused-ring (bicyclic) bond motifs is 2. The van der Waals surface area contributed by atoms with Gasteiger partial charge in [-0.15, -0.1) is 0 Å². The van der Waals surface area contributed by atoms with Crippen LogP contribution >= 0.6 is 0 Å². The highest BCUT2D eigenvalue weighted by atomic mass is 16.5. The summed E-state index contributed by atoms with van der Waals surface area (Å²) >= 11 is 0. The van der Waals surface area contributed by atoms with Crippen molar-refractivity contribution >= 4 is 16.4 Å². The van der Waals surface area contributed by atoms with E-state index in [1.807, 2.05) is 48.0 Å². The lowest BCUT2D eigenvalue weighted by Crippen LogP contribution is -2.20. The van der Waals surface area contributed by atoms with Crippen LogP contribution in [0.1, 0.15) is 11.3 Å². The van der Waals surface area contributed by atoms with Crippen molar-refractivity contribution in [1.82, 2.24) is 23.9 Å². The molecule has 30 heavy (non-hydrogen) atoms. The van der Waals surface area contributed by atoms with Crippen molar-refractivity contribution in [1.29, 1.82) is 0 Å². The fraction of sp³-hybridized carbons (Fsp3) is 0.130. The standard InChI is InChI=1S/C23H19N5O2/c1-15-3-5-21-26-17(14-28(21)12-15)13-27-8-7-18-19(10-24-11-20(18)23(27)29)16-4-6-22(30-2)25-9-16/h3-12,14H,13H2,1-2H3. The van der Waals surface area contributed by atoms with Gasteiger partial charge in [0.15, 0.2) is 0 Å². The molecule has 148 valence electrons. The van der Waals surface area contributed by atoms with E-state index < -0.39 is 0 Å². The molecule has 0 aliphatic heterocycles. The van der Waals surface area contributed by atoms with Gasteiger partial charge in [0, 0.05) is 54.4 Å². The summed E-state index contributed by atoms with van der Waals surface area (Å²) in [6.07, 6.45) is 10.9. The Hall–Kier alpha value is -4.00. The number of hydrogen-bond donors (Lipinski definition) is 0. The van der Waals surface area contributed by atoms with Gasteiger partial charge < -0.3 is 13.7 Å². The molecule has 7 heteroatoms. The maximum atomic E-state index is 13.1. The van der Waals surface area contributed by atoms with Gasteiger partial charge in [-0.2, -0.15) is 0 Å². The molecule has 0 saturated heterocycles. The summed E-state index contributed by atoms with van der Waals surface area (Å²) < 4.78 is 8.77. The molecule has 0 aliphatic carbocycles. The molecule has 0 atom stereocenters. The summed E-state index contributed by atoms with van der Waals surface area (Å²) in [6, 6.07) is 9.64. The summed E-state index contributed by atoms with van der Waals surface area (Å²) in [4.78, 5) is 26.3. The number of pyridine rings is 4. The molecule has 0 bridgehead atoms. The predicted molar refractivity (Wildman–Crippen MR) is 115 cm³/mol. The molecule has 5 rings (SSSR count). The lowest BCUT2D eigenvalue weighted by Gasteiger charge is -2.09. The number of methoxy groups -OCH3 is 1. The van der Waals surface area contributed by atoms with E-state index in [1.54, 1.807) is 42.5 Å². The van der Waals surface area contributed by atoms with E-state index in [4.69, 9.17) is 4.74 Å². The highest BCUT2D eigenvalue weighted by Gasteiger charge is 2.11. The van der Waals surface area contributed by atoms with Crippen molar-refractivity contribution in [3.8, 4) is 17.0 Å². The minimum atomic E-state index is -0.100. The topological polar surface area (TPSA) is 74.3 Å². The van der Waals surface area contributed by atoms with Gasteiger partial charge in [0.1, 0.15) is 5.65 Å². The number of aryl methyl sites for hydroxylation is 1. The molecule has 0 saturated carbocycles. The van der Waals surface area contributed by atoms with E-state index in [1.165, 1.54) is 0 Å². The second-order valence-corrected chi connectivity index (χ2v) is 7.19. The molecule has 0 amide bonds. The monoisotopic (exact) mass is 397 g/mol. The van der Waals surface area contributed by atoms with E-state index in [0.717, 1.165) is 33.4 Å². The second-order valence-electron chi connectivity index (χ2n) is 7.19. The molecule has 5 aromatic rings. The Kier molecular flexibility index (Phi) is 4.28. The zero-order valence-corrected chi connectivity index (χ0v) is 16.6. The minimum absolute atomic E-state index is 0.100. The van der Waals surface area contributed by atoms with Crippen molar-refractivity contribution in [2.75, 3.05) is 7.11 Å². The van der Waals surface area contributed by atoms with Gasteiger partial charge in [-0.05, 0) is 36.1 Å². The Balaban J connectivity index is 1.55. The second kappa shape index (κ2) is 7.11. The molecule has 0 radical (unpaired) electrons. The summed E-state index contributed by atoms with van der Waals surface area (Å²) in [5, 5.41) is 1.40. The zero-order valence-electron chi connectivity index (χ0n) is 16.6. The first kappa shape index (κ1) is 18.1. The third-order valence-corrected chi connectivity index (χ3v) is 5.14. The van der Waals surface area contributed by atoms with Crippen LogP contribution in [-0.4, -0.2) is 31.0 Å². The van der Waals surface area contributed by atoms with Gasteiger partial charge in [-0.3, -0.25) is 9.78 Å². The van der Waals surface area contributed by atoms with Crippen LogP contribution in [0.2, 0.25) is 0 Å². The number of ether oxygens (including phenoxy) is 1. The number of imidazole rings is 1. The first-order valence-corrected chi connectivity index (χ1v) is 9.54. The van der Waals surface area contributed by atoms with E-state index in [0.29, 0.717) is 17.8 Å². The fourth-order valence-corrected chi connectivity index (χ4v) is 3.63. The van der Waals surface area contributed by atoms with Crippen LogP contribution in [0.25, 0.3) is 27.5 Å². The largest absolute Gasteiger partial charge is 0.481 e. The molecule has 5 heterocycles. The number of nitrogens with zero attached hydrogens (tertiary/aromatic N) is 5. The van der Waals surface area contributed by atoms with Crippen molar-refractivity contribution < 1.29 is 4.74 Å². The average Bonchev–Trinajstić information content (AvgIpc) is 3.17. The van der Waals surface area contributed by atoms with Crippen LogP contribution in [0.3, 0.4) is 0 Å². The summed E-state index contributed by atoms with van der Waals surface area (Å²) in [5.74, 6) is 0.539. The molecular formula is C23H19N5O2. The van der Waals surface area contributed by atoms with E-state index in [2.05, 4.69) is 15.0 Å². The molecule has 0 unspecified atom stereocenters. The highest BCUT2D eigenvalue weighted by Crippen LogP contribution is 2.26. The van der Waals surface area contributed by atoms with Crippen LogP contribution in [0.4, 0.5) is 0 Å². The van der Waals surface area contributed by atoms with Gasteiger partial charge in [-0.1, -0.05) is 6.07 Å². The van der Waals surface area contributed by atoms with Crippen LogP contribution in [0.5, 0.6) is 5.88 Å². The van der Waals surface area contributed by atoms with Crippen LogP contribution in [-0.2, 0) is 6.54 Å². The SMILES string of the molecule is COc1ccc(-c2cncc3c(=O)n(Cc4cn5cc(C)ccc5n4)ccc23)cn1. The smallest absolute Gasteiger partial charge is 0.260 e. The third-order valence-electron chi connectivity index (χ3n) is 5.14. The summed E-state index contributed by atoms with van der Waals surface area (Å²) in [5.41, 5.74) is 4.47. The lowest BCUT2D eigenvalue weighted by molar-refractivity contribution is 0.398. The van der Waals surface area contributed by atoms with Crippen LogP contribution in [0.15, 0.2) is 72.3 Å². The molecule has 0 N–H and O–H groups in total. The lowest BCUT2D eigenvalue weighted by atomic mass is 10.0. The molecular weight excluding hydrogens is 378 g/mol. The Morgan fingerprint density at radius 3 is 2.70 bits per heavy atom. The third kappa shape index (κ3) is 3.10.